The van der Waals surface area contributed by atoms with Gasteiger partial charge in [-0.15, -0.1) is 0 Å². The first-order valence-corrected chi connectivity index (χ1v) is 4.63. The third-order valence-corrected chi connectivity index (χ3v) is 2.04. The van der Waals surface area contributed by atoms with Gasteiger partial charge in [0.15, 0.2) is 0 Å². The largest absolute Gasteiger partial charge is 0.382 e. The van der Waals surface area contributed by atoms with E-state index in [1.54, 1.807) is 24.3 Å². The van der Waals surface area contributed by atoms with Gasteiger partial charge in [-0.05, 0) is 12.1 Å². The van der Waals surface area contributed by atoms with Crippen LogP contribution >= 0.6 is 0 Å². The number of H-pyrrole nitrogens is 1. The summed E-state index contributed by atoms with van der Waals surface area (Å²) in [7, 11) is 0. The van der Waals surface area contributed by atoms with E-state index in [1.807, 2.05) is 6.07 Å². The van der Waals surface area contributed by atoms with E-state index >= 15 is 0 Å². The van der Waals surface area contributed by atoms with Crippen LogP contribution in [0.3, 0.4) is 0 Å². The fourth-order valence-corrected chi connectivity index (χ4v) is 1.39. The van der Waals surface area contributed by atoms with Crippen molar-refractivity contribution in [3.8, 4) is 11.3 Å². The van der Waals surface area contributed by atoms with Crippen LogP contribution in [-0.2, 0) is 0 Å². The summed E-state index contributed by atoms with van der Waals surface area (Å²) in [6.45, 7) is 0. The number of nitrogens with one attached hydrogen (secondary N) is 2. The fraction of sp³-hybridized carbons (Fsp3) is 0. The molecule has 0 aliphatic heterocycles. The number of urea groups is 1. The van der Waals surface area contributed by atoms with Gasteiger partial charge in [0.25, 0.3) is 0 Å². The maximum absolute atomic E-state index is 10.7. The Morgan fingerprint density at radius 1 is 1.38 bits per heavy atom. The van der Waals surface area contributed by atoms with Crippen LogP contribution < -0.4 is 16.8 Å². The molecule has 0 saturated heterocycles. The molecule has 0 aliphatic rings. The third kappa shape index (κ3) is 2.11. The summed E-state index contributed by atoms with van der Waals surface area (Å²) in [5.74, 6) is 0.420. The monoisotopic (exact) mass is 217 g/mol. The van der Waals surface area contributed by atoms with Crippen molar-refractivity contribution in [2.45, 2.75) is 0 Å². The number of hydrogen-bond donors (Lipinski definition) is 4. The highest BCUT2D eigenvalue weighted by Crippen LogP contribution is 2.21. The normalized spacial score (nSPS) is 10.0. The zero-order valence-corrected chi connectivity index (χ0v) is 8.40. The molecule has 1 aromatic carbocycles. The van der Waals surface area contributed by atoms with Gasteiger partial charge in [0.2, 0.25) is 0 Å². The van der Waals surface area contributed by atoms with Gasteiger partial charge in [-0.1, -0.05) is 12.1 Å². The number of nitrogen functional groups attached to an aromatic ring is 1. The Morgan fingerprint density at radius 2 is 2.19 bits per heavy atom. The maximum Gasteiger partial charge on any atom is 0.316 e. The average Bonchev–Trinajstić information content (AvgIpc) is 2.64. The maximum atomic E-state index is 10.7. The van der Waals surface area contributed by atoms with E-state index in [2.05, 4.69) is 15.5 Å². The van der Waals surface area contributed by atoms with E-state index in [-0.39, 0.29) is 0 Å². The molecular formula is C10H11N5O. The predicted octanol–water partition coefficient (Wildman–Crippen LogP) is 1.15. The van der Waals surface area contributed by atoms with Crippen molar-refractivity contribution >= 4 is 17.5 Å². The molecule has 1 aromatic heterocycles. The van der Waals surface area contributed by atoms with Crippen molar-refractivity contribution in [2.24, 2.45) is 5.73 Å². The third-order valence-electron chi connectivity index (χ3n) is 2.04. The molecule has 0 unspecified atom stereocenters. The lowest BCUT2D eigenvalue weighted by Gasteiger charge is -2.03. The molecule has 0 fully saturated rings. The Hall–Kier alpha value is -2.50. The molecule has 1 heterocycles. The SMILES string of the molecule is NC(=O)Nc1cccc(-c2cc(N)n[nH]2)c1. The van der Waals surface area contributed by atoms with Crippen LogP contribution in [0.5, 0.6) is 0 Å². The van der Waals surface area contributed by atoms with Crippen molar-refractivity contribution in [3.63, 3.8) is 0 Å². The summed E-state index contributed by atoms with van der Waals surface area (Å²) in [6, 6.07) is 8.31. The van der Waals surface area contributed by atoms with Gasteiger partial charge in [0.1, 0.15) is 5.82 Å². The van der Waals surface area contributed by atoms with Crippen LogP contribution in [0.1, 0.15) is 0 Å². The highest BCUT2D eigenvalue weighted by Gasteiger charge is 2.03. The minimum atomic E-state index is -0.596. The summed E-state index contributed by atoms with van der Waals surface area (Å²) in [4.78, 5) is 10.7. The van der Waals surface area contributed by atoms with Crippen LogP contribution in [0.25, 0.3) is 11.3 Å². The molecular weight excluding hydrogens is 206 g/mol. The van der Waals surface area contributed by atoms with Gasteiger partial charge in [-0.3, -0.25) is 5.10 Å². The van der Waals surface area contributed by atoms with E-state index in [9.17, 15) is 4.79 Å². The van der Waals surface area contributed by atoms with Crippen molar-refractivity contribution in [2.75, 3.05) is 11.1 Å². The number of anilines is 2. The van der Waals surface area contributed by atoms with E-state index in [0.717, 1.165) is 11.3 Å². The Kier molecular flexibility index (Phi) is 2.47. The molecule has 16 heavy (non-hydrogen) atoms. The summed E-state index contributed by atoms with van der Waals surface area (Å²) < 4.78 is 0. The minimum absolute atomic E-state index is 0.420. The number of rotatable bonds is 2. The smallest absolute Gasteiger partial charge is 0.316 e. The minimum Gasteiger partial charge on any atom is -0.382 e. The number of benzene rings is 1. The molecule has 0 bridgehead atoms. The lowest BCUT2D eigenvalue weighted by Crippen LogP contribution is -2.19. The number of nitrogens with zero attached hydrogens (tertiary/aromatic N) is 1. The van der Waals surface area contributed by atoms with Crippen LogP contribution in [0.2, 0.25) is 0 Å². The molecule has 0 atom stereocenters. The topological polar surface area (TPSA) is 110 Å². The van der Waals surface area contributed by atoms with Gasteiger partial charge in [0.05, 0.1) is 5.69 Å². The van der Waals surface area contributed by atoms with Crippen LogP contribution in [0.15, 0.2) is 30.3 Å². The van der Waals surface area contributed by atoms with Crippen LogP contribution in [0, 0.1) is 0 Å². The number of carbonyl (C=O) groups excluding carboxylic acids is 1. The molecule has 6 nitrogen and oxygen atoms in total. The Morgan fingerprint density at radius 3 is 2.81 bits per heavy atom. The van der Waals surface area contributed by atoms with Crippen LogP contribution in [0.4, 0.5) is 16.3 Å². The van der Waals surface area contributed by atoms with Crippen molar-refractivity contribution in [3.05, 3.63) is 30.3 Å². The lowest BCUT2D eigenvalue weighted by atomic mass is 10.1. The van der Waals surface area contributed by atoms with E-state index in [0.29, 0.717) is 11.5 Å². The quantitative estimate of drug-likeness (QED) is 0.605. The first kappa shape index (κ1) is 10.0. The second kappa shape index (κ2) is 3.93. The number of carbonyl (C=O) groups is 1. The molecule has 2 rings (SSSR count). The highest BCUT2D eigenvalue weighted by molar-refractivity contribution is 5.88. The zero-order chi connectivity index (χ0) is 11.5. The van der Waals surface area contributed by atoms with Crippen molar-refractivity contribution in [1.82, 2.24) is 10.2 Å². The Balaban J connectivity index is 2.32. The summed E-state index contributed by atoms with van der Waals surface area (Å²) in [5, 5.41) is 9.10. The number of nitrogens with two attached hydrogens (primary N) is 2. The lowest BCUT2D eigenvalue weighted by molar-refractivity contribution is 0.259. The van der Waals surface area contributed by atoms with Gasteiger partial charge < -0.3 is 16.8 Å². The number of aromatic nitrogens is 2. The van der Waals surface area contributed by atoms with E-state index in [4.69, 9.17) is 11.5 Å². The highest BCUT2D eigenvalue weighted by atomic mass is 16.2. The van der Waals surface area contributed by atoms with Crippen LogP contribution in [-0.4, -0.2) is 16.2 Å². The standard InChI is InChI=1S/C10H11N5O/c11-9-5-8(14-15-9)6-2-1-3-7(4-6)13-10(12)16/h1-5H,(H3,11,14,15)(H3,12,13,16). The van der Waals surface area contributed by atoms with Gasteiger partial charge in [-0.25, -0.2) is 4.79 Å². The van der Waals surface area contributed by atoms with Gasteiger partial charge >= 0.3 is 6.03 Å². The molecule has 0 saturated carbocycles. The summed E-state index contributed by atoms with van der Waals surface area (Å²) in [5.41, 5.74) is 12.8. The number of aromatic amines is 1. The Bertz CT molecular complexity index is 519. The Labute approximate surface area is 91.6 Å². The van der Waals surface area contributed by atoms with Gasteiger partial charge in [-0.2, -0.15) is 5.10 Å². The molecule has 0 aliphatic carbocycles. The fourth-order valence-electron chi connectivity index (χ4n) is 1.39. The first-order valence-electron chi connectivity index (χ1n) is 4.63. The molecule has 82 valence electrons. The number of primary amides is 1. The summed E-state index contributed by atoms with van der Waals surface area (Å²) in [6.07, 6.45) is 0. The van der Waals surface area contributed by atoms with E-state index < -0.39 is 6.03 Å². The first-order chi connectivity index (χ1) is 7.65. The molecule has 0 spiro atoms. The second-order valence-corrected chi connectivity index (χ2v) is 3.28. The molecule has 0 radical (unpaired) electrons. The molecule has 2 aromatic rings. The number of amides is 2. The molecule has 2 amide bonds. The zero-order valence-electron chi connectivity index (χ0n) is 8.40. The van der Waals surface area contributed by atoms with Crippen molar-refractivity contribution in [1.29, 1.82) is 0 Å². The van der Waals surface area contributed by atoms with E-state index in [1.165, 1.54) is 0 Å². The summed E-state index contributed by atoms with van der Waals surface area (Å²) >= 11 is 0. The average molecular weight is 217 g/mol. The van der Waals surface area contributed by atoms with Crippen molar-refractivity contribution < 1.29 is 4.79 Å². The van der Waals surface area contributed by atoms with Gasteiger partial charge in [0, 0.05) is 17.3 Å². The number of hydrogen-bond acceptors (Lipinski definition) is 3. The second-order valence-electron chi connectivity index (χ2n) is 3.28. The molecule has 6 N–H and O–H groups in total. The predicted molar refractivity (Wildman–Crippen MR) is 61.6 cm³/mol. The molecule has 6 heteroatoms.